The lowest BCUT2D eigenvalue weighted by Gasteiger charge is -2.15. The van der Waals surface area contributed by atoms with E-state index in [1.54, 1.807) is 7.11 Å². The van der Waals surface area contributed by atoms with Crippen LogP contribution in [-0.4, -0.2) is 32.9 Å². The first kappa shape index (κ1) is 17.0. The Morgan fingerprint density at radius 3 is 2.55 bits per heavy atom. The van der Waals surface area contributed by atoms with Gasteiger partial charge in [-0.2, -0.15) is 0 Å². The van der Waals surface area contributed by atoms with E-state index in [2.05, 4.69) is 31.3 Å². The summed E-state index contributed by atoms with van der Waals surface area (Å²) < 4.78 is 11.0. The van der Waals surface area contributed by atoms with Crippen LogP contribution >= 0.6 is 0 Å². The molecule has 0 saturated carbocycles. The van der Waals surface area contributed by atoms with Gasteiger partial charge in [0.15, 0.2) is 0 Å². The highest BCUT2D eigenvalue weighted by molar-refractivity contribution is 5.27. The molecule has 1 atom stereocenters. The maximum atomic E-state index is 5.89. The molecule has 1 N–H and O–H groups in total. The summed E-state index contributed by atoms with van der Waals surface area (Å²) in [6, 6.07) is 8.29. The summed E-state index contributed by atoms with van der Waals surface area (Å²) in [5.74, 6) is 0.939. The fraction of sp³-hybridized carbons (Fsp3) is 0.647. The zero-order valence-corrected chi connectivity index (χ0v) is 13.2. The van der Waals surface area contributed by atoms with Gasteiger partial charge in [-0.05, 0) is 44.0 Å². The Kier molecular flexibility index (Phi) is 9.09. The Morgan fingerprint density at radius 1 is 1.15 bits per heavy atom. The first-order valence-electron chi connectivity index (χ1n) is 7.71. The van der Waals surface area contributed by atoms with Gasteiger partial charge in [0.2, 0.25) is 0 Å². The van der Waals surface area contributed by atoms with E-state index in [0.717, 1.165) is 31.9 Å². The van der Waals surface area contributed by atoms with Crippen molar-refractivity contribution in [3.05, 3.63) is 29.8 Å². The number of nitrogens with one attached hydrogen (secondary N) is 1. The lowest BCUT2D eigenvalue weighted by Crippen LogP contribution is -2.29. The van der Waals surface area contributed by atoms with Crippen LogP contribution in [0.15, 0.2) is 24.3 Å². The topological polar surface area (TPSA) is 30.5 Å². The van der Waals surface area contributed by atoms with E-state index in [9.17, 15) is 0 Å². The molecule has 0 aliphatic heterocycles. The second-order valence-corrected chi connectivity index (χ2v) is 5.23. The zero-order chi connectivity index (χ0) is 14.6. The average Bonchev–Trinajstić information content (AvgIpc) is 2.46. The lowest BCUT2D eigenvalue weighted by atomic mass is 10.1. The van der Waals surface area contributed by atoms with Gasteiger partial charge in [0.25, 0.3) is 0 Å². The van der Waals surface area contributed by atoms with Crippen LogP contribution in [0, 0.1) is 0 Å². The Hall–Kier alpha value is -1.06. The first-order chi connectivity index (χ1) is 9.76. The summed E-state index contributed by atoms with van der Waals surface area (Å²) in [4.78, 5) is 0. The number of hydrogen-bond acceptors (Lipinski definition) is 3. The predicted molar refractivity (Wildman–Crippen MR) is 84.5 cm³/mol. The van der Waals surface area contributed by atoms with Crippen molar-refractivity contribution in [3.63, 3.8) is 0 Å². The normalized spacial score (nSPS) is 12.3. The average molecular weight is 279 g/mol. The summed E-state index contributed by atoms with van der Waals surface area (Å²) in [5.41, 5.74) is 1.28. The van der Waals surface area contributed by atoms with Crippen LogP contribution in [0.2, 0.25) is 0 Å². The molecule has 1 unspecified atom stereocenters. The van der Waals surface area contributed by atoms with Gasteiger partial charge in [0.1, 0.15) is 11.9 Å². The third-order valence-electron chi connectivity index (χ3n) is 3.24. The highest BCUT2D eigenvalue weighted by Crippen LogP contribution is 2.14. The van der Waals surface area contributed by atoms with Crippen LogP contribution in [0.5, 0.6) is 5.75 Å². The van der Waals surface area contributed by atoms with Gasteiger partial charge >= 0.3 is 0 Å². The van der Waals surface area contributed by atoms with Gasteiger partial charge in [0.05, 0.1) is 6.61 Å². The number of ether oxygens (including phenoxy) is 2. The van der Waals surface area contributed by atoms with Crippen LogP contribution in [0.3, 0.4) is 0 Å². The number of benzene rings is 1. The van der Waals surface area contributed by atoms with Gasteiger partial charge in [-0.1, -0.05) is 31.9 Å². The van der Waals surface area contributed by atoms with Crippen LogP contribution in [0.25, 0.3) is 0 Å². The highest BCUT2D eigenvalue weighted by atomic mass is 16.5. The third kappa shape index (κ3) is 7.51. The molecule has 0 spiro atoms. The minimum absolute atomic E-state index is 0.196. The van der Waals surface area contributed by atoms with Gasteiger partial charge < -0.3 is 14.8 Å². The fourth-order valence-electron chi connectivity index (χ4n) is 2.03. The SMILES string of the molecule is CCCCCNCC(C)Oc1ccc(CCOC)cc1. The second kappa shape index (κ2) is 10.7. The molecule has 3 nitrogen and oxygen atoms in total. The van der Waals surface area contributed by atoms with E-state index in [1.807, 2.05) is 12.1 Å². The lowest BCUT2D eigenvalue weighted by molar-refractivity contribution is 0.202. The molecule has 0 saturated heterocycles. The Bertz CT molecular complexity index is 337. The number of hydrogen-bond donors (Lipinski definition) is 1. The number of unbranched alkanes of at least 4 members (excludes halogenated alkanes) is 2. The quantitative estimate of drug-likeness (QED) is 0.630. The van der Waals surface area contributed by atoms with E-state index in [0.29, 0.717) is 0 Å². The molecule has 0 amide bonds. The monoisotopic (exact) mass is 279 g/mol. The number of rotatable bonds is 11. The second-order valence-electron chi connectivity index (χ2n) is 5.23. The van der Waals surface area contributed by atoms with Crippen molar-refractivity contribution >= 4 is 0 Å². The number of methoxy groups -OCH3 is 1. The summed E-state index contributed by atoms with van der Waals surface area (Å²) >= 11 is 0. The van der Waals surface area contributed by atoms with Crippen LogP contribution in [0.1, 0.15) is 38.7 Å². The van der Waals surface area contributed by atoms with Gasteiger partial charge in [0, 0.05) is 13.7 Å². The highest BCUT2D eigenvalue weighted by Gasteiger charge is 2.03. The smallest absolute Gasteiger partial charge is 0.119 e. The maximum absolute atomic E-state index is 5.89. The van der Waals surface area contributed by atoms with E-state index >= 15 is 0 Å². The molecular weight excluding hydrogens is 250 g/mol. The van der Waals surface area contributed by atoms with Crippen molar-refractivity contribution < 1.29 is 9.47 Å². The first-order valence-corrected chi connectivity index (χ1v) is 7.71. The molecule has 0 radical (unpaired) electrons. The standard InChI is InChI=1S/C17H29NO2/c1-4-5-6-12-18-14-15(2)20-17-9-7-16(8-10-17)11-13-19-3/h7-10,15,18H,4-6,11-14H2,1-3H3. The molecule has 114 valence electrons. The van der Waals surface area contributed by atoms with Crippen molar-refractivity contribution in [1.29, 1.82) is 0 Å². The van der Waals surface area contributed by atoms with Crippen LogP contribution in [-0.2, 0) is 11.2 Å². The molecule has 20 heavy (non-hydrogen) atoms. The fourth-order valence-corrected chi connectivity index (χ4v) is 2.03. The Balaban J connectivity index is 2.22. The molecule has 0 aliphatic rings. The van der Waals surface area contributed by atoms with Crippen LogP contribution in [0.4, 0.5) is 0 Å². The summed E-state index contributed by atoms with van der Waals surface area (Å²) in [6.45, 7) is 7.07. The predicted octanol–water partition coefficient (Wildman–Crippen LogP) is 3.42. The van der Waals surface area contributed by atoms with Crippen LogP contribution < -0.4 is 10.1 Å². The third-order valence-corrected chi connectivity index (χ3v) is 3.24. The van der Waals surface area contributed by atoms with Crippen molar-refractivity contribution in [2.24, 2.45) is 0 Å². The minimum Gasteiger partial charge on any atom is -0.489 e. The molecule has 3 heteroatoms. The zero-order valence-electron chi connectivity index (χ0n) is 13.2. The molecule has 0 bridgehead atoms. The van der Waals surface area contributed by atoms with Gasteiger partial charge in [-0.3, -0.25) is 0 Å². The Labute approximate surface area is 123 Å². The van der Waals surface area contributed by atoms with Crippen molar-refractivity contribution in [1.82, 2.24) is 5.32 Å². The van der Waals surface area contributed by atoms with Gasteiger partial charge in [-0.25, -0.2) is 0 Å². The maximum Gasteiger partial charge on any atom is 0.119 e. The molecule has 0 fully saturated rings. The largest absolute Gasteiger partial charge is 0.489 e. The summed E-state index contributed by atoms with van der Waals surface area (Å²) in [7, 11) is 1.73. The molecule has 0 aromatic heterocycles. The van der Waals surface area contributed by atoms with E-state index < -0.39 is 0 Å². The van der Waals surface area contributed by atoms with Crippen molar-refractivity contribution in [2.45, 2.75) is 45.6 Å². The molecule has 0 aliphatic carbocycles. The van der Waals surface area contributed by atoms with E-state index in [-0.39, 0.29) is 6.10 Å². The molecular formula is C17H29NO2. The molecule has 1 aromatic carbocycles. The Morgan fingerprint density at radius 2 is 1.90 bits per heavy atom. The molecule has 1 aromatic rings. The van der Waals surface area contributed by atoms with E-state index in [4.69, 9.17) is 9.47 Å². The van der Waals surface area contributed by atoms with Gasteiger partial charge in [-0.15, -0.1) is 0 Å². The minimum atomic E-state index is 0.196. The summed E-state index contributed by atoms with van der Waals surface area (Å²) in [5, 5.41) is 3.44. The van der Waals surface area contributed by atoms with E-state index in [1.165, 1.54) is 24.8 Å². The van der Waals surface area contributed by atoms with Crippen molar-refractivity contribution in [3.8, 4) is 5.75 Å². The molecule has 1 rings (SSSR count). The summed E-state index contributed by atoms with van der Waals surface area (Å²) in [6.07, 6.45) is 4.96. The van der Waals surface area contributed by atoms with Crippen molar-refractivity contribution in [2.75, 3.05) is 26.8 Å². The molecule has 0 heterocycles.